The molecule has 134 valence electrons. The fourth-order valence-corrected chi connectivity index (χ4v) is 2.97. The van der Waals surface area contributed by atoms with E-state index in [1.54, 1.807) is 30.7 Å². The zero-order valence-corrected chi connectivity index (χ0v) is 14.3. The van der Waals surface area contributed by atoms with Gasteiger partial charge in [-0.2, -0.15) is 5.26 Å². The first-order valence-electron chi connectivity index (χ1n) is 8.19. The molecule has 28 heavy (non-hydrogen) atoms. The molecule has 0 saturated heterocycles. The van der Waals surface area contributed by atoms with Crippen molar-refractivity contribution in [1.82, 2.24) is 14.5 Å². The van der Waals surface area contributed by atoms with Crippen LogP contribution >= 0.6 is 0 Å². The quantitative estimate of drug-likeness (QED) is 0.404. The van der Waals surface area contributed by atoms with Gasteiger partial charge in [-0.3, -0.25) is 29.4 Å². The van der Waals surface area contributed by atoms with Gasteiger partial charge in [-0.25, -0.2) is 0 Å². The number of non-ortho nitro benzene ring substituents is 1. The Bertz CT molecular complexity index is 1310. The van der Waals surface area contributed by atoms with Gasteiger partial charge in [0, 0.05) is 41.2 Å². The van der Waals surface area contributed by atoms with Gasteiger partial charge in [-0.05, 0) is 24.3 Å². The lowest BCUT2D eigenvalue weighted by Gasteiger charge is -2.12. The fourth-order valence-electron chi connectivity index (χ4n) is 2.97. The summed E-state index contributed by atoms with van der Waals surface area (Å²) in [6.07, 6.45) is 4.75. The first-order valence-corrected chi connectivity index (χ1v) is 8.19. The lowest BCUT2D eigenvalue weighted by Crippen LogP contribution is -2.21. The Balaban J connectivity index is 2.01. The summed E-state index contributed by atoms with van der Waals surface area (Å²) in [5.41, 5.74) is 1.77. The van der Waals surface area contributed by atoms with Crippen molar-refractivity contribution >= 4 is 16.6 Å². The highest BCUT2D eigenvalue weighted by Gasteiger charge is 2.14. The molecule has 2 aromatic carbocycles. The number of fused-ring (bicyclic) bond motifs is 1. The minimum Gasteiger partial charge on any atom is -0.276 e. The van der Waals surface area contributed by atoms with E-state index >= 15 is 0 Å². The molecule has 0 saturated carbocycles. The molecule has 0 atom stereocenters. The minimum atomic E-state index is -0.511. The Hall–Kier alpha value is -4.38. The van der Waals surface area contributed by atoms with Gasteiger partial charge in [0.2, 0.25) is 0 Å². The van der Waals surface area contributed by atoms with Crippen LogP contribution in [0.1, 0.15) is 5.56 Å². The lowest BCUT2D eigenvalue weighted by molar-refractivity contribution is -0.384. The Kier molecular flexibility index (Phi) is 4.10. The molecule has 0 N–H and O–H groups in total. The molecule has 0 radical (unpaired) electrons. The van der Waals surface area contributed by atoms with Crippen molar-refractivity contribution in [2.75, 3.05) is 0 Å². The molecule has 2 heterocycles. The van der Waals surface area contributed by atoms with Crippen molar-refractivity contribution in [2.24, 2.45) is 0 Å². The Morgan fingerprint density at radius 2 is 1.86 bits per heavy atom. The van der Waals surface area contributed by atoms with Gasteiger partial charge in [-0.15, -0.1) is 0 Å². The molecule has 0 amide bonds. The minimum absolute atomic E-state index is 0.0156. The van der Waals surface area contributed by atoms with E-state index in [2.05, 4.69) is 9.97 Å². The maximum absolute atomic E-state index is 12.9. The van der Waals surface area contributed by atoms with Crippen molar-refractivity contribution in [3.63, 3.8) is 0 Å². The predicted octanol–water partition coefficient (Wildman–Crippen LogP) is 3.23. The molecule has 0 aliphatic rings. The topological polar surface area (TPSA) is 115 Å². The number of nitro benzene ring substituents is 1. The van der Waals surface area contributed by atoms with Crippen LogP contribution in [-0.2, 0) is 0 Å². The molecule has 0 unspecified atom stereocenters. The summed E-state index contributed by atoms with van der Waals surface area (Å²) >= 11 is 0. The van der Waals surface area contributed by atoms with E-state index in [1.165, 1.54) is 34.9 Å². The van der Waals surface area contributed by atoms with Gasteiger partial charge < -0.3 is 0 Å². The number of aromatic nitrogens is 3. The average molecular weight is 369 g/mol. The van der Waals surface area contributed by atoms with Crippen LogP contribution in [0, 0.1) is 21.4 Å². The summed E-state index contributed by atoms with van der Waals surface area (Å²) in [6.45, 7) is 0. The third-order valence-electron chi connectivity index (χ3n) is 4.30. The first-order chi connectivity index (χ1) is 13.6. The Labute approximate surface area is 158 Å². The normalized spacial score (nSPS) is 10.5. The zero-order chi connectivity index (χ0) is 19.7. The molecular formula is C20H11N5O3. The number of hydrogen-bond acceptors (Lipinski definition) is 6. The van der Waals surface area contributed by atoms with E-state index in [0.717, 1.165) is 5.56 Å². The summed E-state index contributed by atoms with van der Waals surface area (Å²) in [7, 11) is 0. The molecule has 8 heteroatoms. The highest BCUT2D eigenvalue weighted by molar-refractivity contribution is 5.86. The third-order valence-corrected chi connectivity index (χ3v) is 4.30. The van der Waals surface area contributed by atoms with Crippen LogP contribution in [0.2, 0.25) is 0 Å². The molecule has 0 spiro atoms. The van der Waals surface area contributed by atoms with E-state index < -0.39 is 10.5 Å². The molecule has 0 aliphatic carbocycles. The first kappa shape index (κ1) is 17.1. The van der Waals surface area contributed by atoms with E-state index in [9.17, 15) is 20.2 Å². The number of nitrogens with zero attached hydrogens (tertiary/aromatic N) is 5. The molecule has 0 bridgehead atoms. The summed E-state index contributed by atoms with van der Waals surface area (Å²) in [4.78, 5) is 31.6. The number of benzene rings is 2. The molecule has 4 aromatic rings. The highest BCUT2D eigenvalue weighted by atomic mass is 16.6. The number of rotatable bonds is 3. The second-order valence-electron chi connectivity index (χ2n) is 5.95. The predicted molar refractivity (Wildman–Crippen MR) is 102 cm³/mol. The van der Waals surface area contributed by atoms with Gasteiger partial charge in [0.1, 0.15) is 11.6 Å². The van der Waals surface area contributed by atoms with Crippen LogP contribution in [0.25, 0.3) is 27.8 Å². The van der Waals surface area contributed by atoms with Crippen molar-refractivity contribution in [3.8, 4) is 23.0 Å². The Morgan fingerprint density at radius 3 is 2.50 bits per heavy atom. The molecule has 2 aromatic heterocycles. The van der Waals surface area contributed by atoms with Gasteiger partial charge in [0.05, 0.1) is 22.3 Å². The van der Waals surface area contributed by atoms with Gasteiger partial charge in [0.25, 0.3) is 11.2 Å². The van der Waals surface area contributed by atoms with E-state index in [1.807, 2.05) is 12.1 Å². The second-order valence-corrected chi connectivity index (χ2v) is 5.95. The SMILES string of the molecule is N#Cc1cc2ccc(-c3cnccn3)cc2n(-c2ccc([N+](=O)[O-])cc2)c1=O. The van der Waals surface area contributed by atoms with Crippen molar-refractivity contribution in [3.05, 3.63) is 93.2 Å². The van der Waals surface area contributed by atoms with E-state index in [-0.39, 0.29) is 11.3 Å². The zero-order valence-electron chi connectivity index (χ0n) is 14.3. The smallest absolute Gasteiger partial charge is 0.273 e. The van der Waals surface area contributed by atoms with Crippen LogP contribution in [0.5, 0.6) is 0 Å². The maximum Gasteiger partial charge on any atom is 0.273 e. The Morgan fingerprint density at radius 1 is 1.07 bits per heavy atom. The lowest BCUT2D eigenvalue weighted by atomic mass is 10.1. The maximum atomic E-state index is 12.9. The van der Waals surface area contributed by atoms with Crippen molar-refractivity contribution < 1.29 is 4.92 Å². The fraction of sp³-hybridized carbons (Fsp3) is 0. The molecule has 8 nitrogen and oxygen atoms in total. The molecule has 0 aliphatic heterocycles. The standard InChI is InChI=1S/C20H11N5O3/c21-11-15-9-14-2-1-13(18-12-22-7-8-23-18)10-19(14)24(20(15)26)16-3-5-17(6-4-16)25(27)28/h1-10,12H. The number of hydrogen-bond donors (Lipinski definition) is 0. The number of nitro groups is 1. The van der Waals surface area contributed by atoms with E-state index in [0.29, 0.717) is 22.3 Å². The molecule has 4 rings (SSSR count). The summed E-state index contributed by atoms with van der Waals surface area (Å²) < 4.78 is 1.37. The third kappa shape index (κ3) is 2.87. The second kappa shape index (κ2) is 6.74. The van der Waals surface area contributed by atoms with E-state index in [4.69, 9.17) is 0 Å². The number of pyridine rings is 1. The average Bonchev–Trinajstić information content (AvgIpc) is 2.73. The summed E-state index contributed by atoms with van der Waals surface area (Å²) in [5, 5.41) is 20.9. The van der Waals surface area contributed by atoms with Crippen LogP contribution in [-0.4, -0.2) is 19.5 Å². The van der Waals surface area contributed by atoms with Gasteiger partial charge in [0.15, 0.2) is 0 Å². The van der Waals surface area contributed by atoms with Gasteiger partial charge >= 0.3 is 0 Å². The van der Waals surface area contributed by atoms with Crippen LogP contribution in [0.15, 0.2) is 71.9 Å². The summed E-state index contributed by atoms with van der Waals surface area (Å²) in [6, 6.07) is 14.4. The largest absolute Gasteiger partial charge is 0.276 e. The highest BCUT2D eigenvalue weighted by Crippen LogP contribution is 2.25. The van der Waals surface area contributed by atoms with Crippen molar-refractivity contribution in [1.29, 1.82) is 5.26 Å². The summed E-state index contributed by atoms with van der Waals surface area (Å²) in [5.74, 6) is 0. The van der Waals surface area contributed by atoms with Crippen LogP contribution < -0.4 is 5.56 Å². The molecule has 0 fully saturated rings. The van der Waals surface area contributed by atoms with Crippen LogP contribution in [0.3, 0.4) is 0 Å². The molecular weight excluding hydrogens is 358 g/mol. The number of nitriles is 1. The van der Waals surface area contributed by atoms with Crippen LogP contribution in [0.4, 0.5) is 5.69 Å². The monoisotopic (exact) mass is 369 g/mol. The van der Waals surface area contributed by atoms with Gasteiger partial charge in [-0.1, -0.05) is 12.1 Å². The van der Waals surface area contributed by atoms with Crippen molar-refractivity contribution in [2.45, 2.75) is 0 Å².